The Morgan fingerprint density at radius 1 is 1.19 bits per heavy atom. The van der Waals surface area contributed by atoms with Gasteiger partial charge in [0.25, 0.3) is 5.91 Å². The number of hydrogen-bond acceptors (Lipinski definition) is 2. The van der Waals surface area contributed by atoms with Crippen molar-refractivity contribution in [2.75, 3.05) is 0 Å². The standard InChI is InChI=1S/C16H18BrN3O/c17-13-6-8-14(9-7-13)19-16(21)12-10-18-20(11-12)15-4-2-1-3-5-15/h1-5,10-11,13-14H,6-9H2,(H,19,21). The molecule has 1 fully saturated rings. The quantitative estimate of drug-likeness (QED) is 0.865. The second-order valence-electron chi connectivity index (χ2n) is 5.43. The van der Waals surface area contributed by atoms with Gasteiger partial charge in [0.15, 0.2) is 0 Å². The maximum atomic E-state index is 12.3. The molecule has 1 heterocycles. The van der Waals surface area contributed by atoms with Crippen LogP contribution in [0.3, 0.4) is 0 Å². The minimum absolute atomic E-state index is 0.0322. The van der Waals surface area contributed by atoms with Gasteiger partial charge < -0.3 is 5.32 Å². The monoisotopic (exact) mass is 347 g/mol. The number of alkyl halides is 1. The molecule has 21 heavy (non-hydrogen) atoms. The van der Waals surface area contributed by atoms with Crippen LogP contribution in [0.4, 0.5) is 0 Å². The minimum atomic E-state index is -0.0322. The maximum absolute atomic E-state index is 12.3. The summed E-state index contributed by atoms with van der Waals surface area (Å²) in [5.41, 5.74) is 1.57. The van der Waals surface area contributed by atoms with Crippen molar-refractivity contribution in [2.24, 2.45) is 0 Å². The van der Waals surface area contributed by atoms with Crippen LogP contribution in [0.2, 0.25) is 0 Å². The molecule has 0 spiro atoms. The third kappa shape index (κ3) is 3.53. The zero-order chi connectivity index (χ0) is 14.7. The Hall–Kier alpha value is -1.62. The number of amides is 1. The van der Waals surface area contributed by atoms with E-state index in [2.05, 4.69) is 26.3 Å². The number of hydrogen-bond donors (Lipinski definition) is 1. The van der Waals surface area contributed by atoms with Crippen molar-refractivity contribution in [3.05, 3.63) is 48.3 Å². The van der Waals surface area contributed by atoms with Gasteiger partial charge in [0, 0.05) is 17.1 Å². The third-order valence-corrected chi connectivity index (χ3v) is 4.77. The van der Waals surface area contributed by atoms with Crippen LogP contribution in [0.25, 0.3) is 5.69 Å². The van der Waals surface area contributed by atoms with Crippen LogP contribution in [-0.2, 0) is 0 Å². The van der Waals surface area contributed by atoms with E-state index in [1.54, 1.807) is 17.1 Å². The van der Waals surface area contributed by atoms with Gasteiger partial charge in [0.1, 0.15) is 0 Å². The summed E-state index contributed by atoms with van der Waals surface area (Å²) in [5.74, 6) is -0.0322. The molecule has 3 rings (SSSR count). The topological polar surface area (TPSA) is 46.9 Å². The largest absolute Gasteiger partial charge is 0.349 e. The first kappa shape index (κ1) is 14.3. The molecule has 0 saturated heterocycles. The SMILES string of the molecule is O=C(NC1CCC(Br)CC1)c1cnn(-c2ccccc2)c1. The van der Waals surface area contributed by atoms with Crippen molar-refractivity contribution in [1.29, 1.82) is 0 Å². The molecule has 0 bridgehead atoms. The van der Waals surface area contributed by atoms with E-state index in [1.165, 1.54) is 0 Å². The summed E-state index contributed by atoms with van der Waals surface area (Å²) in [4.78, 5) is 12.9. The fraction of sp³-hybridized carbons (Fsp3) is 0.375. The fourth-order valence-corrected chi connectivity index (χ4v) is 3.16. The van der Waals surface area contributed by atoms with Crippen LogP contribution in [0.5, 0.6) is 0 Å². The summed E-state index contributed by atoms with van der Waals surface area (Å²) in [5, 5.41) is 7.37. The van der Waals surface area contributed by atoms with Crippen LogP contribution in [0.1, 0.15) is 36.0 Å². The Bertz CT molecular complexity index is 603. The van der Waals surface area contributed by atoms with Crippen molar-refractivity contribution in [1.82, 2.24) is 15.1 Å². The van der Waals surface area contributed by atoms with Gasteiger partial charge in [-0.05, 0) is 37.8 Å². The number of carbonyl (C=O) groups excluding carboxylic acids is 1. The van der Waals surface area contributed by atoms with Crippen molar-refractivity contribution < 1.29 is 4.79 Å². The molecule has 0 aliphatic heterocycles. The predicted octanol–water partition coefficient (Wildman–Crippen LogP) is 3.31. The van der Waals surface area contributed by atoms with Crippen LogP contribution in [0.15, 0.2) is 42.7 Å². The molecular weight excluding hydrogens is 330 g/mol. The van der Waals surface area contributed by atoms with E-state index in [1.807, 2.05) is 30.3 Å². The number of halogens is 1. The van der Waals surface area contributed by atoms with Crippen molar-refractivity contribution in [3.63, 3.8) is 0 Å². The van der Waals surface area contributed by atoms with E-state index in [4.69, 9.17) is 0 Å². The number of nitrogens with zero attached hydrogens (tertiary/aromatic N) is 2. The van der Waals surface area contributed by atoms with Crippen molar-refractivity contribution >= 4 is 21.8 Å². The molecule has 1 aromatic carbocycles. The molecule has 0 unspecified atom stereocenters. The summed E-state index contributed by atoms with van der Waals surface area (Å²) in [6.45, 7) is 0. The lowest BCUT2D eigenvalue weighted by atomic mass is 9.95. The minimum Gasteiger partial charge on any atom is -0.349 e. The molecule has 1 aliphatic carbocycles. The Labute approximate surface area is 132 Å². The van der Waals surface area contributed by atoms with E-state index in [0.29, 0.717) is 10.4 Å². The number of nitrogens with one attached hydrogen (secondary N) is 1. The van der Waals surface area contributed by atoms with E-state index in [-0.39, 0.29) is 11.9 Å². The van der Waals surface area contributed by atoms with Gasteiger partial charge in [-0.3, -0.25) is 4.79 Å². The first-order chi connectivity index (χ1) is 10.2. The van der Waals surface area contributed by atoms with Gasteiger partial charge in [-0.25, -0.2) is 4.68 Å². The highest BCUT2D eigenvalue weighted by atomic mass is 79.9. The number of rotatable bonds is 3. The molecule has 0 atom stereocenters. The molecule has 4 nitrogen and oxygen atoms in total. The van der Waals surface area contributed by atoms with Gasteiger partial charge >= 0.3 is 0 Å². The predicted molar refractivity (Wildman–Crippen MR) is 86.0 cm³/mol. The Morgan fingerprint density at radius 3 is 2.62 bits per heavy atom. The second kappa shape index (κ2) is 6.43. The summed E-state index contributed by atoms with van der Waals surface area (Å²) in [6, 6.07) is 10.1. The molecule has 1 N–H and O–H groups in total. The lowest BCUT2D eigenvalue weighted by molar-refractivity contribution is 0.0928. The Morgan fingerprint density at radius 2 is 1.90 bits per heavy atom. The summed E-state index contributed by atoms with van der Waals surface area (Å²) >= 11 is 3.63. The third-order valence-electron chi connectivity index (χ3n) is 3.86. The average Bonchev–Trinajstić information content (AvgIpc) is 3.00. The number of para-hydroxylation sites is 1. The van der Waals surface area contributed by atoms with Crippen molar-refractivity contribution in [3.8, 4) is 5.69 Å². The zero-order valence-corrected chi connectivity index (χ0v) is 13.3. The molecule has 2 aromatic rings. The molecule has 0 radical (unpaired) electrons. The lowest BCUT2D eigenvalue weighted by Gasteiger charge is -2.25. The van der Waals surface area contributed by atoms with Crippen molar-refractivity contribution in [2.45, 2.75) is 36.6 Å². The van der Waals surface area contributed by atoms with E-state index >= 15 is 0 Å². The average molecular weight is 348 g/mol. The van der Waals surface area contributed by atoms with Gasteiger partial charge in [0.2, 0.25) is 0 Å². The highest BCUT2D eigenvalue weighted by Crippen LogP contribution is 2.24. The normalized spacial score (nSPS) is 22.0. The molecule has 5 heteroatoms. The van der Waals surface area contributed by atoms with E-state index < -0.39 is 0 Å². The summed E-state index contributed by atoms with van der Waals surface area (Å²) in [6.07, 6.45) is 7.71. The van der Waals surface area contributed by atoms with Gasteiger partial charge in [-0.2, -0.15) is 5.10 Å². The Balaban J connectivity index is 1.64. The smallest absolute Gasteiger partial charge is 0.254 e. The maximum Gasteiger partial charge on any atom is 0.254 e. The number of carbonyl (C=O) groups is 1. The molecule has 1 aliphatic rings. The highest BCUT2D eigenvalue weighted by molar-refractivity contribution is 9.09. The molecule has 1 aromatic heterocycles. The van der Waals surface area contributed by atoms with Crippen LogP contribution in [-0.4, -0.2) is 26.6 Å². The molecule has 110 valence electrons. The summed E-state index contributed by atoms with van der Waals surface area (Å²) < 4.78 is 1.73. The van der Waals surface area contributed by atoms with Crippen LogP contribution in [0, 0.1) is 0 Å². The second-order valence-corrected chi connectivity index (χ2v) is 6.73. The van der Waals surface area contributed by atoms with Gasteiger partial charge in [-0.1, -0.05) is 34.1 Å². The van der Waals surface area contributed by atoms with Crippen LogP contribution >= 0.6 is 15.9 Å². The zero-order valence-electron chi connectivity index (χ0n) is 11.7. The molecule has 1 saturated carbocycles. The van der Waals surface area contributed by atoms with Crippen LogP contribution < -0.4 is 5.32 Å². The first-order valence-electron chi connectivity index (χ1n) is 7.27. The van der Waals surface area contributed by atoms with E-state index in [0.717, 1.165) is 31.4 Å². The van der Waals surface area contributed by atoms with Gasteiger partial charge in [-0.15, -0.1) is 0 Å². The highest BCUT2D eigenvalue weighted by Gasteiger charge is 2.21. The lowest BCUT2D eigenvalue weighted by Crippen LogP contribution is -2.37. The van der Waals surface area contributed by atoms with Gasteiger partial charge in [0.05, 0.1) is 17.4 Å². The first-order valence-corrected chi connectivity index (χ1v) is 8.19. The Kier molecular flexibility index (Phi) is 4.39. The summed E-state index contributed by atoms with van der Waals surface area (Å²) in [7, 11) is 0. The van der Waals surface area contributed by atoms with E-state index in [9.17, 15) is 4.79 Å². The number of aromatic nitrogens is 2. The fourth-order valence-electron chi connectivity index (χ4n) is 2.63. The molecular formula is C16H18BrN3O. The number of benzene rings is 1. The molecule has 1 amide bonds.